The molecular formula is C5H6N2O2. The van der Waals surface area contributed by atoms with Gasteiger partial charge in [-0.2, -0.15) is 0 Å². The first-order valence-corrected chi connectivity index (χ1v) is 2.55. The van der Waals surface area contributed by atoms with Gasteiger partial charge < -0.3 is 5.11 Å². The van der Waals surface area contributed by atoms with E-state index in [1.54, 1.807) is 0 Å². The third kappa shape index (κ3) is 1.35. The molecule has 48 valence electrons. The van der Waals surface area contributed by atoms with Crippen LogP contribution in [0.1, 0.15) is 0 Å². The molecule has 1 aliphatic heterocycles. The van der Waals surface area contributed by atoms with E-state index < -0.39 is 11.9 Å². The fourth-order valence-electron chi connectivity index (χ4n) is 0.539. The average molecular weight is 126 g/mol. The summed E-state index contributed by atoms with van der Waals surface area (Å²) in [5, 5.41) is 8.37. The van der Waals surface area contributed by atoms with E-state index in [9.17, 15) is 4.79 Å². The zero-order valence-electron chi connectivity index (χ0n) is 4.69. The van der Waals surface area contributed by atoms with Crippen LogP contribution in [0.3, 0.4) is 0 Å². The first kappa shape index (κ1) is 5.94. The molecule has 1 aliphatic rings. The van der Waals surface area contributed by atoms with Crippen LogP contribution in [0.15, 0.2) is 9.98 Å². The number of aliphatic carboxylic acids is 1. The summed E-state index contributed by atoms with van der Waals surface area (Å²) < 4.78 is 0. The third-order valence-electron chi connectivity index (χ3n) is 1.03. The minimum atomic E-state index is -0.865. The highest BCUT2D eigenvalue weighted by Crippen LogP contribution is 1.96. The molecule has 9 heavy (non-hydrogen) atoms. The van der Waals surface area contributed by atoms with Gasteiger partial charge in [0.1, 0.15) is 12.3 Å². The summed E-state index contributed by atoms with van der Waals surface area (Å²) in [6, 6.07) is 0. The van der Waals surface area contributed by atoms with E-state index in [1.807, 2.05) is 0 Å². The van der Waals surface area contributed by atoms with Crippen LogP contribution in [-0.2, 0) is 4.79 Å². The second kappa shape index (κ2) is 2.39. The second-order valence-corrected chi connectivity index (χ2v) is 1.72. The van der Waals surface area contributed by atoms with Gasteiger partial charge in [-0.15, -0.1) is 0 Å². The van der Waals surface area contributed by atoms with Gasteiger partial charge in [-0.25, -0.2) is 4.99 Å². The normalized spacial score (nSPS) is 24.2. The van der Waals surface area contributed by atoms with Gasteiger partial charge in [0.25, 0.3) is 0 Å². The number of rotatable bonds is 1. The van der Waals surface area contributed by atoms with Crippen molar-refractivity contribution in [3.05, 3.63) is 0 Å². The summed E-state index contributed by atoms with van der Waals surface area (Å²) in [7, 11) is 0. The van der Waals surface area contributed by atoms with Crippen molar-refractivity contribution in [2.75, 3.05) is 6.54 Å². The summed E-state index contributed by atoms with van der Waals surface area (Å²) in [5.74, 6) is -1.38. The molecular weight excluding hydrogens is 120 g/mol. The summed E-state index contributed by atoms with van der Waals surface area (Å²) in [4.78, 5) is 17.4. The van der Waals surface area contributed by atoms with E-state index in [0.29, 0.717) is 6.54 Å². The van der Waals surface area contributed by atoms with E-state index in [0.717, 1.165) is 0 Å². The Kier molecular flexibility index (Phi) is 1.58. The Morgan fingerprint density at radius 1 is 1.78 bits per heavy atom. The van der Waals surface area contributed by atoms with Gasteiger partial charge in [-0.05, 0) is 0 Å². The molecule has 0 amide bonds. The van der Waals surface area contributed by atoms with Gasteiger partial charge in [0, 0.05) is 6.21 Å². The molecule has 4 nitrogen and oxygen atoms in total. The van der Waals surface area contributed by atoms with Crippen molar-refractivity contribution in [3.8, 4) is 0 Å². The predicted octanol–water partition coefficient (Wildman–Crippen LogP) is -0.200. The highest BCUT2D eigenvalue weighted by Gasteiger charge is 2.14. The highest BCUT2D eigenvalue weighted by molar-refractivity contribution is 5.92. The van der Waals surface area contributed by atoms with Gasteiger partial charge in [0.15, 0.2) is 0 Å². The number of carboxylic acids is 1. The Morgan fingerprint density at radius 2 is 2.56 bits per heavy atom. The first-order valence-electron chi connectivity index (χ1n) is 2.55. The molecule has 0 spiro atoms. The molecule has 1 atom stereocenters. The fraction of sp³-hybridized carbons (Fsp3) is 0.400. The van der Waals surface area contributed by atoms with Gasteiger partial charge in [-0.1, -0.05) is 0 Å². The van der Waals surface area contributed by atoms with Crippen molar-refractivity contribution in [2.45, 2.75) is 0 Å². The largest absolute Gasteiger partial charge is 0.481 e. The standard InChI is InChI=1S/C5H6N2O2/c8-5(9)4-1-6-3-7-2-4/h1,3-4H,2H2,(H,8,9). The topological polar surface area (TPSA) is 62.0 Å². The molecule has 0 saturated carbocycles. The Morgan fingerprint density at radius 3 is 2.89 bits per heavy atom. The zero-order chi connectivity index (χ0) is 6.69. The molecule has 0 radical (unpaired) electrons. The summed E-state index contributed by atoms with van der Waals surface area (Å²) in [6.07, 6.45) is 2.74. The number of hydrogen-bond donors (Lipinski definition) is 1. The number of aliphatic imine (C=N–C) groups is 2. The highest BCUT2D eigenvalue weighted by atomic mass is 16.4. The summed E-state index contributed by atoms with van der Waals surface area (Å²) in [6.45, 7) is 0.318. The lowest BCUT2D eigenvalue weighted by Crippen LogP contribution is -2.20. The van der Waals surface area contributed by atoms with E-state index in [4.69, 9.17) is 5.11 Å². The van der Waals surface area contributed by atoms with Crippen molar-refractivity contribution in [3.63, 3.8) is 0 Å². The minimum absolute atomic E-state index is 0.318. The monoisotopic (exact) mass is 126 g/mol. The van der Waals surface area contributed by atoms with Crippen LogP contribution < -0.4 is 0 Å². The van der Waals surface area contributed by atoms with Crippen LogP contribution in [0, 0.1) is 5.92 Å². The van der Waals surface area contributed by atoms with E-state index in [2.05, 4.69) is 9.98 Å². The van der Waals surface area contributed by atoms with Crippen LogP contribution in [0.4, 0.5) is 0 Å². The van der Waals surface area contributed by atoms with Crippen LogP contribution in [0.5, 0.6) is 0 Å². The summed E-state index contributed by atoms with van der Waals surface area (Å²) in [5.41, 5.74) is 0. The molecule has 0 bridgehead atoms. The van der Waals surface area contributed by atoms with Gasteiger partial charge in [0.2, 0.25) is 0 Å². The molecule has 0 aromatic heterocycles. The van der Waals surface area contributed by atoms with E-state index in [-0.39, 0.29) is 0 Å². The molecule has 1 N–H and O–H groups in total. The predicted molar refractivity (Wildman–Crippen MR) is 33.0 cm³/mol. The minimum Gasteiger partial charge on any atom is -0.481 e. The molecule has 0 fully saturated rings. The van der Waals surface area contributed by atoms with Crippen molar-refractivity contribution in [1.29, 1.82) is 0 Å². The number of carboxylic acid groups (broad SMARTS) is 1. The lowest BCUT2D eigenvalue weighted by atomic mass is 10.2. The number of hydrogen-bond acceptors (Lipinski definition) is 3. The van der Waals surface area contributed by atoms with E-state index in [1.165, 1.54) is 12.6 Å². The molecule has 0 aliphatic carbocycles. The maximum atomic E-state index is 10.2. The first-order chi connectivity index (χ1) is 4.30. The Bertz CT molecular complexity index is 174. The van der Waals surface area contributed by atoms with Gasteiger partial charge >= 0.3 is 5.97 Å². The van der Waals surface area contributed by atoms with Crippen molar-refractivity contribution in [2.24, 2.45) is 15.9 Å². The summed E-state index contributed by atoms with van der Waals surface area (Å²) >= 11 is 0. The third-order valence-corrected chi connectivity index (χ3v) is 1.03. The zero-order valence-corrected chi connectivity index (χ0v) is 4.69. The smallest absolute Gasteiger partial charge is 0.313 e. The Balaban J connectivity index is 2.56. The van der Waals surface area contributed by atoms with Crippen molar-refractivity contribution in [1.82, 2.24) is 0 Å². The number of carbonyl (C=O) groups is 1. The van der Waals surface area contributed by atoms with Crippen LogP contribution >= 0.6 is 0 Å². The second-order valence-electron chi connectivity index (χ2n) is 1.72. The van der Waals surface area contributed by atoms with E-state index >= 15 is 0 Å². The Hall–Kier alpha value is -1.19. The molecule has 0 saturated heterocycles. The molecule has 0 aromatic rings. The molecule has 1 unspecified atom stereocenters. The maximum absolute atomic E-state index is 10.2. The van der Waals surface area contributed by atoms with Gasteiger partial charge in [0.05, 0.1) is 6.54 Å². The quantitative estimate of drug-likeness (QED) is 0.528. The van der Waals surface area contributed by atoms with Crippen LogP contribution in [0.25, 0.3) is 0 Å². The Labute approximate surface area is 51.9 Å². The molecule has 1 heterocycles. The van der Waals surface area contributed by atoms with Crippen molar-refractivity contribution >= 4 is 18.5 Å². The van der Waals surface area contributed by atoms with Crippen LogP contribution in [-0.4, -0.2) is 30.2 Å². The lowest BCUT2D eigenvalue weighted by molar-refractivity contribution is -0.138. The lowest BCUT2D eigenvalue weighted by Gasteiger charge is -2.03. The molecule has 1 rings (SSSR count). The average Bonchev–Trinajstić information content (AvgIpc) is 1.90. The maximum Gasteiger partial charge on any atom is 0.313 e. The SMILES string of the molecule is O=C(O)C1C=NC=NC1. The van der Waals surface area contributed by atoms with Gasteiger partial charge in [-0.3, -0.25) is 9.79 Å². The number of nitrogens with zero attached hydrogens (tertiary/aromatic N) is 2. The van der Waals surface area contributed by atoms with Crippen LogP contribution in [0.2, 0.25) is 0 Å². The molecule has 0 aromatic carbocycles. The van der Waals surface area contributed by atoms with Crippen molar-refractivity contribution < 1.29 is 9.90 Å². The fourth-order valence-corrected chi connectivity index (χ4v) is 0.539. The molecule has 4 heteroatoms.